The average Bonchev–Trinajstić information content (AvgIpc) is 3.08. The lowest BCUT2D eigenvalue weighted by Gasteiger charge is -2.09. The number of hydrogen-bond acceptors (Lipinski definition) is 4. The van der Waals surface area contributed by atoms with Crippen LogP contribution in [0.25, 0.3) is 0 Å². The van der Waals surface area contributed by atoms with E-state index in [-0.39, 0.29) is 6.03 Å². The lowest BCUT2D eigenvalue weighted by atomic mass is 10.2. The molecule has 0 aliphatic heterocycles. The Kier molecular flexibility index (Phi) is 6.04. The van der Waals surface area contributed by atoms with E-state index in [1.54, 1.807) is 6.07 Å². The zero-order valence-electron chi connectivity index (χ0n) is 15.5. The quantitative estimate of drug-likeness (QED) is 0.592. The van der Waals surface area contributed by atoms with Crippen molar-refractivity contribution in [2.75, 3.05) is 10.6 Å². The fraction of sp³-hybridized carbons (Fsp3) is 0.250. The minimum absolute atomic E-state index is 0.322. The van der Waals surface area contributed by atoms with Gasteiger partial charge in [-0.1, -0.05) is 38.1 Å². The lowest BCUT2D eigenvalue weighted by molar-refractivity contribution is 0.251. The third-order valence-corrected chi connectivity index (χ3v) is 3.72. The molecule has 2 heterocycles. The van der Waals surface area contributed by atoms with Crippen LogP contribution in [0, 0.1) is 5.92 Å². The van der Waals surface area contributed by atoms with E-state index in [0.717, 1.165) is 17.9 Å². The van der Waals surface area contributed by atoms with Gasteiger partial charge in [-0.25, -0.2) is 9.78 Å². The Morgan fingerprint density at radius 2 is 1.81 bits per heavy atom. The topological polar surface area (TPSA) is 83.9 Å². The van der Waals surface area contributed by atoms with Crippen LogP contribution in [0.1, 0.15) is 19.5 Å². The molecule has 7 nitrogen and oxygen atoms in total. The number of carbonyl (C=O) groups excluding carboxylic acids is 1. The molecule has 0 saturated heterocycles. The van der Waals surface area contributed by atoms with E-state index < -0.39 is 0 Å². The Bertz CT molecular complexity index is 875. The molecule has 0 fully saturated rings. The van der Waals surface area contributed by atoms with Gasteiger partial charge in [0.2, 0.25) is 0 Å². The number of hydrogen-bond donors (Lipinski definition) is 3. The van der Waals surface area contributed by atoms with Crippen LogP contribution in [0.15, 0.2) is 60.8 Å². The van der Waals surface area contributed by atoms with Gasteiger partial charge in [-0.3, -0.25) is 10.00 Å². The SMILES string of the molecule is CC(C)Cn1ccc(CNC(=O)Nc2cccc(Nc3ccccc3)n2)n1. The highest BCUT2D eigenvalue weighted by atomic mass is 16.2. The van der Waals surface area contributed by atoms with E-state index in [0.29, 0.717) is 24.1 Å². The molecule has 2 amide bonds. The summed E-state index contributed by atoms with van der Waals surface area (Å²) in [6.07, 6.45) is 1.93. The Balaban J connectivity index is 1.52. The maximum atomic E-state index is 12.1. The number of para-hydroxylation sites is 1. The number of aromatic nitrogens is 3. The number of benzene rings is 1. The van der Waals surface area contributed by atoms with Crippen LogP contribution >= 0.6 is 0 Å². The van der Waals surface area contributed by atoms with E-state index >= 15 is 0 Å². The second kappa shape index (κ2) is 8.84. The molecule has 7 heteroatoms. The summed E-state index contributed by atoms with van der Waals surface area (Å²) in [6, 6.07) is 16.8. The Labute approximate surface area is 158 Å². The highest BCUT2D eigenvalue weighted by Gasteiger charge is 2.06. The fourth-order valence-corrected chi connectivity index (χ4v) is 2.55. The van der Waals surface area contributed by atoms with Crippen molar-refractivity contribution in [3.8, 4) is 0 Å². The molecule has 0 aliphatic carbocycles. The third-order valence-electron chi connectivity index (χ3n) is 3.72. The molecule has 140 valence electrons. The third kappa shape index (κ3) is 5.85. The highest BCUT2D eigenvalue weighted by Crippen LogP contribution is 2.15. The van der Waals surface area contributed by atoms with Gasteiger partial charge in [0.05, 0.1) is 12.2 Å². The van der Waals surface area contributed by atoms with Gasteiger partial charge in [0, 0.05) is 18.4 Å². The van der Waals surface area contributed by atoms with Crippen LogP contribution in [0.3, 0.4) is 0 Å². The summed E-state index contributed by atoms with van der Waals surface area (Å²) in [7, 11) is 0. The van der Waals surface area contributed by atoms with Crippen LogP contribution in [0.2, 0.25) is 0 Å². The molecule has 0 saturated carbocycles. The van der Waals surface area contributed by atoms with Gasteiger partial charge in [-0.15, -0.1) is 0 Å². The van der Waals surface area contributed by atoms with Crippen molar-refractivity contribution in [3.05, 3.63) is 66.5 Å². The van der Waals surface area contributed by atoms with E-state index in [9.17, 15) is 4.79 Å². The second-order valence-electron chi connectivity index (χ2n) is 6.63. The van der Waals surface area contributed by atoms with Gasteiger partial charge in [0.25, 0.3) is 0 Å². The second-order valence-corrected chi connectivity index (χ2v) is 6.63. The number of carbonyl (C=O) groups is 1. The predicted octanol–water partition coefficient (Wildman–Crippen LogP) is 4.00. The number of pyridine rings is 1. The van der Waals surface area contributed by atoms with Gasteiger partial charge in [0.15, 0.2) is 0 Å². The highest BCUT2D eigenvalue weighted by molar-refractivity contribution is 5.88. The zero-order valence-corrected chi connectivity index (χ0v) is 15.5. The van der Waals surface area contributed by atoms with Crippen LogP contribution in [0.4, 0.5) is 22.1 Å². The first-order valence-electron chi connectivity index (χ1n) is 8.95. The van der Waals surface area contributed by atoms with Gasteiger partial charge in [-0.2, -0.15) is 5.10 Å². The van der Waals surface area contributed by atoms with Crippen molar-refractivity contribution in [1.82, 2.24) is 20.1 Å². The van der Waals surface area contributed by atoms with E-state index in [1.807, 2.05) is 59.4 Å². The molecule has 0 bridgehead atoms. The minimum Gasteiger partial charge on any atom is -0.340 e. The molecule has 0 atom stereocenters. The van der Waals surface area contributed by atoms with Crippen LogP contribution in [-0.4, -0.2) is 20.8 Å². The minimum atomic E-state index is -0.322. The number of rotatable bonds is 7. The van der Waals surface area contributed by atoms with Crippen molar-refractivity contribution < 1.29 is 4.79 Å². The summed E-state index contributed by atoms with van der Waals surface area (Å²) in [5, 5.41) is 13.2. The predicted molar refractivity (Wildman–Crippen MR) is 107 cm³/mol. The van der Waals surface area contributed by atoms with Gasteiger partial charge >= 0.3 is 6.03 Å². The molecule has 3 aromatic rings. The molecule has 0 radical (unpaired) electrons. The smallest absolute Gasteiger partial charge is 0.320 e. The van der Waals surface area contributed by atoms with Gasteiger partial charge in [0.1, 0.15) is 11.6 Å². The number of nitrogens with zero attached hydrogens (tertiary/aromatic N) is 3. The summed E-state index contributed by atoms with van der Waals surface area (Å²) in [6.45, 7) is 5.50. The summed E-state index contributed by atoms with van der Waals surface area (Å²) in [5.74, 6) is 1.65. The fourth-order valence-electron chi connectivity index (χ4n) is 2.55. The molecule has 0 spiro atoms. The van der Waals surface area contributed by atoms with E-state index in [2.05, 4.69) is 39.9 Å². The molecule has 0 unspecified atom stereocenters. The molecule has 27 heavy (non-hydrogen) atoms. The van der Waals surface area contributed by atoms with Gasteiger partial charge < -0.3 is 10.6 Å². The molecular weight excluding hydrogens is 340 g/mol. The van der Waals surface area contributed by atoms with Crippen molar-refractivity contribution >= 4 is 23.4 Å². The number of anilines is 3. The number of nitrogens with one attached hydrogen (secondary N) is 3. The summed E-state index contributed by atoms with van der Waals surface area (Å²) >= 11 is 0. The largest absolute Gasteiger partial charge is 0.340 e. The first kappa shape index (κ1) is 18.4. The molecule has 3 rings (SSSR count). The van der Waals surface area contributed by atoms with Crippen molar-refractivity contribution in [2.24, 2.45) is 5.92 Å². The van der Waals surface area contributed by atoms with Crippen LogP contribution < -0.4 is 16.0 Å². The summed E-state index contributed by atoms with van der Waals surface area (Å²) in [5.41, 5.74) is 1.75. The van der Waals surface area contributed by atoms with E-state index in [1.165, 1.54) is 0 Å². The Morgan fingerprint density at radius 1 is 1.04 bits per heavy atom. The molecule has 1 aromatic carbocycles. The van der Waals surface area contributed by atoms with E-state index in [4.69, 9.17) is 0 Å². The first-order valence-corrected chi connectivity index (χ1v) is 8.95. The average molecular weight is 364 g/mol. The number of urea groups is 1. The van der Waals surface area contributed by atoms with Crippen molar-refractivity contribution in [3.63, 3.8) is 0 Å². The lowest BCUT2D eigenvalue weighted by Crippen LogP contribution is -2.28. The summed E-state index contributed by atoms with van der Waals surface area (Å²) < 4.78 is 1.89. The van der Waals surface area contributed by atoms with Crippen LogP contribution in [0.5, 0.6) is 0 Å². The van der Waals surface area contributed by atoms with Gasteiger partial charge in [-0.05, 0) is 36.2 Å². The first-order chi connectivity index (χ1) is 13.1. The van der Waals surface area contributed by atoms with Crippen molar-refractivity contribution in [2.45, 2.75) is 26.9 Å². The maximum absolute atomic E-state index is 12.1. The van der Waals surface area contributed by atoms with Crippen LogP contribution in [-0.2, 0) is 13.1 Å². The standard InChI is InChI=1S/C20H24N6O/c1-15(2)14-26-12-11-17(25-26)13-21-20(27)24-19-10-6-9-18(23-19)22-16-7-4-3-5-8-16/h3-12,15H,13-14H2,1-2H3,(H3,21,22,23,24,27). The normalized spacial score (nSPS) is 10.6. The molecule has 2 aromatic heterocycles. The molecular formula is C20H24N6O. The van der Waals surface area contributed by atoms with Crippen molar-refractivity contribution in [1.29, 1.82) is 0 Å². The monoisotopic (exact) mass is 364 g/mol. The summed E-state index contributed by atoms with van der Waals surface area (Å²) in [4.78, 5) is 16.5. The number of amides is 2. The Morgan fingerprint density at radius 3 is 2.59 bits per heavy atom. The Hall–Kier alpha value is -3.35. The molecule has 0 aliphatic rings. The zero-order chi connectivity index (χ0) is 19.1. The molecule has 3 N–H and O–H groups in total. The maximum Gasteiger partial charge on any atom is 0.320 e.